The summed E-state index contributed by atoms with van der Waals surface area (Å²) in [4.78, 5) is 16.8. The lowest BCUT2D eigenvalue weighted by Gasteiger charge is -2.33. The molecule has 0 bridgehead atoms. The number of rotatable bonds is 8. The van der Waals surface area contributed by atoms with Gasteiger partial charge in [0, 0.05) is 45.7 Å². The fourth-order valence-electron chi connectivity index (χ4n) is 2.87. The van der Waals surface area contributed by atoms with E-state index in [4.69, 9.17) is 5.14 Å². The van der Waals surface area contributed by atoms with Gasteiger partial charge in [-0.05, 0) is 30.7 Å². The topological polar surface area (TPSA) is 95.7 Å². The molecule has 0 saturated carbocycles. The van der Waals surface area contributed by atoms with Crippen LogP contribution in [0, 0.1) is 0 Å². The van der Waals surface area contributed by atoms with E-state index >= 15 is 0 Å². The Hall–Kier alpha value is -1.48. The van der Waals surface area contributed by atoms with Crippen LogP contribution >= 0.6 is 0 Å². The summed E-state index contributed by atoms with van der Waals surface area (Å²) < 4.78 is 22.4. The Morgan fingerprint density at radius 3 is 2.28 bits per heavy atom. The summed E-state index contributed by atoms with van der Waals surface area (Å²) in [6, 6.07) is 6.42. The van der Waals surface area contributed by atoms with Crippen LogP contribution in [0.5, 0.6) is 0 Å². The van der Waals surface area contributed by atoms with Gasteiger partial charge in [0.15, 0.2) is 0 Å². The Labute approximate surface area is 150 Å². The first kappa shape index (κ1) is 19.8. The van der Waals surface area contributed by atoms with E-state index in [2.05, 4.69) is 22.0 Å². The Balaban J connectivity index is 1.64. The lowest BCUT2D eigenvalue weighted by atomic mass is 10.1. The minimum Gasteiger partial charge on any atom is -0.356 e. The standard InChI is InChI=1S/C17H28N4O3S/c1-2-20-11-13-21(14-12-20)10-8-17(22)19-9-7-15-3-5-16(6-4-15)25(18,23)24/h3-6H,2,7-14H2,1H3,(H,19,22)(H2,18,23,24). The summed E-state index contributed by atoms with van der Waals surface area (Å²) in [5.41, 5.74) is 0.961. The third-order valence-electron chi connectivity index (χ3n) is 4.55. The lowest BCUT2D eigenvalue weighted by Crippen LogP contribution is -2.47. The first-order chi connectivity index (χ1) is 11.9. The van der Waals surface area contributed by atoms with Crippen molar-refractivity contribution in [1.29, 1.82) is 0 Å². The van der Waals surface area contributed by atoms with Crippen LogP contribution < -0.4 is 10.5 Å². The summed E-state index contributed by atoms with van der Waals surface area (Å²) in [6.45, 7) is 8.80. The molecular weight excluding hydrogens is 340 g/mol. The highest BCUT2D eigenvalue weighted by molar-refractivity contribution is 7.89. The van der Waals surface area contributed by atoms with Crippen molar-refractivity contribution in [2.45, 2.75) is 24.7 Å². The van der Waals surface area contributed by atoms with Gasteiger partial charge in [-0.1, -0.05) is 19.1 Å². The Morgan fingerprint density at radius 2 is 1.72 bits per heavy atom. The van der Waals surface area contributed by atoms with Crippen LogP contribution in [0.4, 0.5) is 0 Å². The van der Waals surface area contributed by atoms with Crippen LogP contribution in [0.15, 0.2) is 29.2 Å². The highest BCUT2D eigenvalue weighted by atomic mass is 32.2. The van der Waals surface area contributed by atoms with E-state index < -0.39 is 10.0 Å². The van der Waals surface area contributed by atoms with Crippen molar-refractivity contribution >= 4 is 15.9 Å². The van der Waals surface area contributed by atoms with E-state index in [-0.39, 0.29) is 10.8 Å². The van der Waals surface area contributed by atoms with E-state index in [1.807, 2.05) is 0 Å². The van der Waals surface area contributed by atoms with Crippen molar-refractivity contribution in [2.75, 3.05) is 45.8 Å². The van der Waals surface area contributed by atoms with Crippen molar-refractivity contribution in [3.8, 4) is 0 Å². The maximum Gasteiger partial charge on any atom is 0.238 e. The third kappa shape index (κ3) is 6.74. The molecule has 1 aliphatic heterocycles. The van der Waals surface area contributed by atoms with E-state index in [0.717, 1.165) is 44.8 Å². The molecule has 0 radical (unpaired) electrons. The van der Waals surface area contributed by atoms with E-state index in [0.29, 0.717) is 19.4 Å². The number of nitrogens with two attached hydrogens (primary N) is 1. The fourth-order valence-corrected chi connectivity index (χ4v) is 3.38. The number of likely N-dealkylation sites (N-methyl/N-ethyl adjacent to an activating group) is 1. The van der Waals surface area contributed by atoms with Crippen LogP contribution in [0.25, 0.3) is 0 Å². The zero-order valence-electron chi connectivity index (χ0n) is 14.8. The largest absolute Gasteiger partial charge is 0.356 e. The van der Waals surface area contributed by atoms with Crippen LogP contribution in [0.3, 0.4) is 0 Å². The molecule has 0 aromatic heterocycles. The van der Waals surface area contributed by atoms with Crippen LogP contribution in [-0.4, -0.2) is 69.9 Å². The van der Waals surface area contributed by atoms with Gasteiger partial charge in [0.1, 0.15) is 0 Å². The molecule has 1 heterocycles. The Kier molecular flexibility index (Phi) is 7.37. The average Bonchev–Trinajstić information content (AvgIpc) is 2.60. The molecule has 25 heavy (non-hydrogen) atoms. The molecule has 1 aliphatic rings. The van der Waals surface area contributed by atoms with Gasteiger partial charge < -0.3 is 15.1 Å². The van der Waals surface area contributed by atoms with Gasteiger partial charge in [0.25, 0.3) is 0 Å². The number of hydrogen-bond donors (Lipinski definition) is 2. The second-order valence-electron chi connectivity index (χ2n) is 6.31. The monoisotopic (exact) mass is 368 g/mol. The molecule has 2 rings (SSSR count). The fraction of sp³-hybridized carbons (Fsp3) is 0.588. The number of amides is 1. The van der Waals surface area contributed by atoms with Crippen molar-refractivity contribution in [3.63, 3.8) is 0 Å². The number of sulfonamides is 1. The number of carbonyl (C=O) groups excluding carboxylic acids is 1. The van der Waals surface area contributed by atoms with Crippen LogP contribution in [0.1, 0.15) is 18.9 Å². The molecule has 0 spiro atoms. The number of primary sulfonamides is 1. The molecule has 0 aliphatic carbocycles. The molecule has 1 aromatic carbocycles. The molecule has 8 heteroatoms. The minimum absolute atomic E-state index is 0.0547. The Morgan fingerprint density at radius 1 is 1.12 bits per heavy atom. The Bertz CT molecular complexity index is 653. The van der Waals surface area contributed by atoms with Gasteiger partial charge in [-0.25, -0.2) is 13.6 Å². The number of benzene rings is 1. The summed E-state index contributed by atoms with van der Waals surface area (Å²) >= 11 is 0. The first-order valence-electron chi connectivity index (χ1n) is 8.71. The zero-order chi connectivity index (χ0) is 18.3. The van der Waals surface area contributed by atoms with Gasteiger partial charge in [-0.3, -0.25) is 4.79 Å². The van der Waals surface area contributed by atoms with Gasteiger partial charge in [0.2, 0.25) is 15.9 Å². The summed E-state index contributed by atoms with van der Waals surface area (Å²) in [5, 5.41) is 7.98. The van der Waals surface area contributed by atoms with E-state index in [1.165, 1.54) is 12.1 Å². The average molecular weight is 369 g/mol. The van der Waals surface area contributed by atoms with Crippen molar-refractivity contribution < 1.29 is 13.2 Å². The van der Waals surface area contributed by atoms with Crippen molar-refractivity contribution in [1.82, 2.24) is 15.1 Å². The first-order valence-corrected chi connectivity index (χ1v) is 10.3. The quantitative estimate of drug-likeness (QED) is 0.674. The van der Waals surface area contributed by atoms with Gasteiger partial charge in [-0.15, -0.1) is 0 Å². The summed E-state index contributed by atoms with van der Waals surface area (Å²) in [5.74, 6) is 0.0547. The number of hydrogen-bond acceptors (Lipinski definition) is 5. The van der Waals surface area contributed by atoms with Crippen molar-refractivity contribution in [2.24, 2.45) is 5.14 Å². The SMILES string of the molecule is CCN1CCN(CCC(=O)NCCc2ccc(S(N)(=O)=O)cc2)CC1. The molecule has 1 amide bonds. The second-order valence-corrected chi connectivity index (χ2v) is 7.88. The van der Waals surface area contributed by atoms with Gasteiger partial charge in [0.05, 0.1) is 4.90 Å². The van der Waals surface area contributed by atoms with Gasteiger partial charge >= 0.3 is 0 Å². The number of carbonyl (C=O) groups is 1. The zero-order valence-corrected chi connectivity index (χ0v) is 15.6. The number of nitrogens with zero attached hydrogens (tertiary/aromatic N) is 2. The highest BCUT2D eigenvalue weighted by Gasteiger charge is 2.15. The molecule has 3 N–H and O–H groups in total. The third-order valence-corrected chi connectivity index (χ3v) is 5.48. The summed E-state index contributed by atoms with van der Waals surface area (Å²) in [7, 11) is -3.65. The molecule has 0 unspecified atom stereocenters. The second kappa shape index (κ2) is 9.28. The van der Waals surface area contributed by atoms with E-state index in [1.54, 1.807) is 12.1 Å². The molecule has 1 fully saturated rings. The highest BCUT2D eigenvalue weighted by Crippen LogP contribution is 2.09. The molecule has 1 aromatic rings. The molecule has 7 nitrogen and oxygen atoms in total. The van der Waals surface area contributed by atoms with E-state index in [9.17, 15) is 13.2 Å². The van der Waals surface area contributed by atoms with Gasteiger partial charge in [-0.2, -0.15) is 0 Å². The molecule has 0 atom stereocenters. The predicted molar refractivity (Wildman–Crippen MR) is 97.7 cm³/mol. The maximum atomic E-state index is 11.9. The normalized spacial score (nSPS) is 16.7. The minimum atomic E-state index is -3.65. The maximum absolute atomic E-state index is 11.9. The molecule has 140 valence electrons. The smallest absolute Gasteiger partial charge is 0.238 e. The van der Waals surface area contributed by atoms with Crippen LogP contribution in [-0.2, 0) is 21.2 Å². The number of nitrogens with one attached hydrogen (secondary N) is 1. The van der Waals surface area contributed by atoms with Crippen molar-refractivity contribution in [3.05, 3.63) is 29.8 Å². The summed E-state index contributed by atoms with van der Waals surface area (Å²) in [6.07, 6.45) is 1.17. The lowest BCUT2D eigenvalue weighted by molar-refractivity contribution is -0.121. The predicted octanol–water partition coefficient (Wildman–Crippen LogP) is 0.0203. The molecular formula is C17H28N4O3S. The molecule has 1 saturated heterocycles. The number of piperazine rings is 1. The van der Waals surface area contributed by atoms with Crippen LogP contribution in [0.2, 0.25) is 0 Å².